The Morgan fingerprint density at radius 1 is 1.57 bits per heavy atom. The molecule has 0 aliphatic heterocycles. The largest absolute Gasteiger partial charge is 0.497 e. The summed E-state index contributed by atoms with van der Waals surface area (Å²) in [6, 6.07) is 5.48. The van der Waals surface area contributed by atoms with E-state index >= 15 is 0 Å². The maximum atomic E-state index is 13.0. The summed E-state index contributed by atoms with van der Waals surface area (Å²) >= 11 is 3.35. The Hall–Kier alpha value is -0.610. The quantitative estimate of drug-likeness (QED) is 0.903. The molecule has 0 amide bonds. The predicted molar refractivity (Wildman–Crippen MR) is 58.3 cm³/mol. The molecule has 0 spiro atoms. The summed E-state index contributed by atoms with van der Waals surface area (Å²) in [5.74, 6) is 0.729. The van der Waals surface area contributed by atoms with Gasteiger partial charge in [-0.25, -0.2) is 4.39 Å². The molecule has 1 unspecified atom stereocenters. The molecule has 1 aromatic rings. The van der Waals surface area contributed by atoms with Crippen LogP contribution >= 0.6 is 15.9 Å². The highest BCUT2D eigenvalue weighted by Crippen LogP contribution is 2.23. The van der Waals surface area contributed by atoms with Crippen molar-refractivity contribution in [2.45, 2.75) is 12.6 Å². The Balaban J connectivity index is 2.83. The second kappa shape index (κ2) is 5.32. The van der Waals surface area contributed by atoms with Gasteiger partial charge in [-0.15, -0.1) is 0 Å². The van der Waals surface area contributed by atoms with E-state index in [0.29, 0.717) is 6.42 Å². The third-order valence-corrected chi connectivity index (χ3v) is 2.72. The first-order valence-corrected chi connectivity index (χ1v) is 5.13. The lowest BCUT2D eigenvalue weighted by molar-refractivity contribution is 0.339. The zero-order chi connectivity index (χ0) is 10.6. The Bertz CT molecular complexity index is 306. The highest BCUT2D eigenvalue weighted by molar-refractivity contribution is 9.10. The summed E-state index contributed by atoms with van der Waals surface area (Å²) in [5.41, 5.74) is 6.10. The van der Waals surface area contributed by atoms with Crippen molar-refractivity contribution in [2.75, 3.05) is 13.7 Å². The number of hydrogen-bond acceptors (Lipinski definition) is 2. The summed E-state index contributed by atoms with van der Waals surface area (Å²) in [6.45, 7) is 0.0453. The van der Waals surface area contributed by atoms with E-state index in [-0.39, 0.29) is 6.54 Å². The molecule has 1 atom stereocenters. The minimum Gasteiger partial charge on any atom is -0.497 e. The summed E-state index contributed by atoms with van der Waals surface area (Å²) in [7, 11) is 1.59. The van der Waals surface area contributed by atoms with Gasteiger partial charge < -0.3 is 10.5 Å². The maximum Gasteiger partial charge on any atom is 0.119 e. The average molecular weight is 262 g/mol. The second-order valence-electron chi connectivity index (χ2n) is 2.99. The van der Waals surface area contributed by atoms with E-state index in [1.165, 1.54) is 0 Å². The lowest BCUT2D eigenvalue weighted by Gasteiger charge is -2.09. The number of benzene rings is 1. The smallest absolute Gasteiger partial charge is 0.119 e. The van der Waals surface area contributed by atoms with Gasteiger partial charge in [0.1, 0.15) is 11.9 Å². The monoisotopic (exact) mass is 261 g/mol. The first-order valence-electron chi connectivity index (χ1n) is 4.34. The number of rotatable bonds is 4. The van der Waals surface area contributed by atoms with Gasteiger partial charge >= 0.3 is 0 Å². The number of alkyl halides is 1. The van der Waals surface area contributed by atoms with Crippen molar-refractivity contribution in [1.29, 1.82) is 0 Å². The van der Waals surface area contributed by atoms with Crippen LogP contribution in [-0.4, -0.2) is 19.8 Å². The number of nitrogens with two attached hydrogens (primary N) is 1. The molecule has 0 saturated carbocycles. The molecule has 0 radical (unpaired) electrons. The van der Waals surface area contributed by atoms with Gasteiger partial charge in [-0.3, -0.25) is 0 Å². The molecule has 0 fully saturated rings. The van der Waals surface area contributed by atoms with Crippen molar-refractivity contribution in [3.63, 3.8) is 0 Å². The molecule has 0 saturated heterocycles. The standard InChI is InChI=1S/C10H13BrFNO/c1-14-9-2-3-10(11)7(5-9)4-8(12)6-13/h2-3,5,8H,4,6,13H2,1H3. The van der Waals surface area contributed by atoms with Crippen LogP contribution in [0.4, 0.5) is 4.39 Å². The number of ether oxygens (including phenoxy) is 1. The van der Waals surface area contributed by atoms with Crippen LogP contribution in [0.25, 0.3) is 0 Å². The highest BCUT2D eigenvalue weighted by Gasteiger charge is 2.09. The molecule has 0 aliphatic carbocycles. The molecular formula is C10H13BrFNO. The van der Waals surface area contributed by atoms with Crippen molar-refractivity contribution < 1.29 is 9.13 Å². The molecule has 0 heterocycles. The van der Waals surface area contributed by atoms with E-state index in [0.717, 1.165) is 15.8 Å². The van der Waals surface area contributed by atoms with Crippen LogP contribution < -0.4 is 10.5 Å². The Labute approximate surface area is 91.4 Å². The second-order valence-corrected chi connectivity index (χ2v) is 3.85. The van der Waals surface area contributed by atoms with Gasteiger partial charge in [-0.1, -0.05) is 15.9 Å². The zero-order valence-corrected chi connectivity index (χ0v) is 9.55. The predicted octanol–water partition coefficient (Wildman–Crippen LogP) is 2.30. The van der Waals surface area contributed by atoms with E-state index in [9.17, 15) is 4.39 Å². The van der Waals surface area contributed by atoms with Crippen molar-refractivity contribution in [2.24, 2.45) is 5.73 Å². The van der Waals surface area contributed by atoms with E-state index < -0.39 is 6.17 Å². The van der Waals surface area contributed by atoms with Gasteiger partial charge in [-0.2, -0.15) is 0 Å². The summed E-state index contributed by atoms with van der Waals surface area (Å²) in [6.07, 6.45) is -0.688. The molecule has 2 nitrogen and oxygen atoms in total. The van der Waals surface area contributed by atoms with E-state index in [2.05, 4.69) is 15.9 Å². The van der Waals surface area contributed by atoms with Crippen LogP contribution in [0.3, 0.4) is 0 Å². The van der Waals surface area contributed by atoms with E-state index in [1.54, 1.807) is 7.11 Å². The van der Waals surface area contributed by atoms with Crippen molar-refractivity contribution in [1.82, 2.24) is 0 Å². The Kier molecular flexibility index (Phi) is 4.35. The fourth-order valence-corrected chi connectivity index (χ4v) is 1.56. The third-order valence-electron chi connectivity index (χ3n) is 1.95. The molecule has 1 aromatic carbocycles. The normalized spacial score (nSPS) is 12.6. The molecule has 78 valence electrons. The zero-order valence-electron chi connectivity index (χ0n) is 7.97. The first-order chi connectivity index (χ1) is 6.67. The highest BCUT2D eigenvalue weighted by atomic mass is 79.9. The first kappa shape index (κ1) is 11.5. The van der Waals surface area contributed by atoms with Crippen molar-refractivity contribution in [3.8, 4) is 5.75 Å². The van der Waals surface area contributed by atoms with E-state index in [4.69, 9.17) is 10.5 Å². The molecule has 2 N–H and O–H groups in total. The maximum absolute atomic E-state index is 13.0. The average Bonchev–Trinajstić information content (AvgIpc) is 2.21. The van der Waals surface area contributed by atoms with Crippen LogP contribution in [0.15, 0.2) is 22.7 Å². The molecule has 0 aliphatic rings. The minimum absolute atomic E-state index is 0.0453. The van der Waals surface area contributed by atoms with Crippen LogP contribution in [0.1, 0.15) is 5.56 Å². The number of halogens is 2. The van der Waals surface area contributed by atoms with Gasteiger partial charge in [0, 0.05) is 17.4 Å². The van der Waals surface area contributed by atoms with Gasteiger partial charge in [0.2, 0.25) is 0 Å². The molecule has 0 bridgehead atoms. The van der Waals surface area contributed by atoms with E-state index in [1.807, 2.05) is 18.2 Å². The summed E-state index contributed by atoms with van der Waals surface area (Å²) in [5, 5.41) is 0. The number of hydrogen-bond donors (Lipinski definition) is 1. The van der Waals surface area contributed by atoms with Crippen LogP contribution in [-0.2, 0) is 6.42 Å². The molecule has 1 rings (SSSR count). The van der Waals surface area contributed by atoms with Gasteiger partial charge in [0.25, 0.3) is 0 Å². The minimum atomic E-state index is -1.00. The number of methoxy groups -OCH3 is 1. The Morgan fingerprint density at radius 2 is 2.29 bits per heavy atom. The van der Waals surface area contributed by atoms with Gasteiger partial charge in [0.05, 0.1) is 7.11 Å². The van der Waals surface area contributed by atoms with Crippen LogP contribution in [0.2, 0.25) is 0 Å². The topological polar surface area (TPSA) is 35.2 Å². The summed E-state index contributed by atoms with van der Waals surface area (Å²) in [4.78, 5) is 0. The van der Waals surface area contributed by atoms with Gasteiger partial charge in [0.15, 0.2) is 0 Å². The van der Waals surface area contributed by atoms with Crippen LogP contribution in [0, 0.1) is 0 Å². The van der Waals surface area contributed by atoms with Crippen LogP contribution in [0.5, 0.6) is 5.75 Å². The molecule has 0 aromatic heterocycles. The fourth-order valence-electron chi connectivity index (χ4n) is 1.16. The lowest BCUT2D eigenvalue weighted by Crippen LogP contribution is -2.17. The fraction of sp³-hybridized carbons (Fsp3) is 0.400. The van der Waals surface area contributed by atoms with Gasteiger partial charge in [-0.05, 0) is 23.8 Å². The molecule has 14 heavy (non-hydrogen) atoms. The summed E-state index contributed by atoms with van der Waals surface area (Å²) < 4.78 is 19.0. The molecule has 4 heteroatoms. The van der Waals surface area contributed by atoms with Crippen molar-refractivity contribution >= 4 is 15.9 Å². The van der Waals surface area contributed by atoms with Crippen molar-refractivity contribution in [3.05, 3.63) is 28.2 Å². The molecular weight excluding hydrogens is 249 g/mol. The lowest BCUT2D eigenvalue weighted by atomic mass is 10.1. The SMILES string of the molecule is COc1ccc(Br)c(CC(F)CN)c1. The third kappa shape index (κ3) is 2.96. The Morgan fingerprint density at radius 3 is 2.86 bits per heavy atom.